The van der Waals surface area contributed by atoms with Gasteiger partial charge in [0.1, 0.15) is 5.75 Å². The Kier molecular flexibility index (Phi) is 4.57. The Morgan fingerprint density at radius 2 is 1.95 bits per heavy atom. The summed E-state index contributed by atoms with van der Waals surface area (Å²) in [5.41, 5.74) is 0.822. The molecule has 2 aliphatic rings. The standard InChI is InChI=1S/C16H20F2N2O2/c17-16(18)22-14-5-1-11(2-6-14)9-15(21)20-12-3-4-13(20)10-19-8-7-12/h1-2,5-6,12-13,16,19H,3-4,7-10H2. The van der Waals surface area contributed by atoms with E-state index in [2.05, 4.69) is 10.1 Å². The number of benzene rings is 1. The van der Waals surface area contributed by atoms with Gasteiger partial charge in [-0.25, -0.2) is 0 Å². The lowest BCUT2D eigenvalue weighted by Crippen LogP contribution is -2.43. The van der Waals surface area contributed by atoms with Crippen molar-refractivity contribution < 1.29 is 18.3 Å². The average Bonchev–Trinajstić information content (AvgIpc) is 2.74. The van der Waals surface area contributed by atoms with Crippen LogP contribution in [0.25, 0.3) is 0 Å². The highest BCUT2D eigenvalue weighted by molar-refractivity contribution is 5.80. The van der Waals surface area contributed by atoms with Crippen LogP contribution in [0, 0.1) is 0 Å². The summed E-state index contributed by atoms with van der Waals surface area (Å²) >= 11 is 0. The Labute approximate surface area is 128 Å². The Hall–Kier alpha value is -1.69. The third-order valence-corrected chi connectivity index (χ3v) is 4.45. The number of amides is 1. The highest BCUT2D eigenvalue weighted by atomic mass is 19.3. The highest BCUT2D eigenvalue weighted by Crippen LogP contribution is 2.28. The molecule has 1 aromatic carbocycles. The van der Waals surface area contributed by atoms with E-state index in [4.69, 9.17) is 0 Å². The molecule has 0 aliphatic carbocycles. The molecule has 2 fully saturated rings. The Bertz CT molecular complexity index is 507. The fourth-order valence-electron chi connectivity index (χ4n) is 3.44. The molecule has 2 aliphatic heterocycles. The largest absolute Gasteiger partial charge is 0.435 e. The van der Waals surface area contributed by atoms with Crippen LogP contribution in [-0.4, -0.2) is 42.6 Å². The number of ether oxygens (including phenoxy) is 1. The van der Waals surface area contributed by atoms with E-state index >= 15 is 0 Å². The number of rotatable bonds is 4. The van der Waals surface area contributed by atoms with Gasteiger partial charge in [0.05, 0.1) is 6.42 Å². The van der Waals surface area contributed by atoms with Gasteiger partial charge in [0, 0.05) is 18.6 Å². The molecule has 2 atom stereocenters. The zero-order chi connectivity index (χ0) is 15.5. The second-order valence-electron chi connectivity index (χ2n) is 5.88. The molecular weight excluding hydrogens is 290 g/mol. The lowest BCUT2D eigenvalue weighted by Gasteiger charge is -2.28. The van der Waals surface area contributed by atoms with E-state index in [9.17, 15) is 13.6 Å². The molecule has 2 bridgehead atoms. The molecule has 22 heavy (non-hydrogen) atoms. The first kappa shape index (κ1) is 15.2. The summed E-state index contributed by atoms with van der Waals surface area (Å²) in [7, 11) is 0. The first-order valence-corrected chi connectivity index (χ1v) is 7.69. The molecule has 0 saturated carbocycles. The predicted octanol–water partition coefficient (Wildman–Crippen LogP) is 2.18. The summed E-state index contributed by atoms with van der Waals surface area (Å²) in [5, 5.41) is 3.37. The summed E-state index contributed by atoms with van der Waals surface area (Å²) in [5.74, 6) is 0.240. The SMILES string of the molecule is O=C(Cc1ccc(OC(F)F)cc1)N1C2CCNCC1CC2. The summed E-state index contributed by atoms with van der Waals surface area (Å²) < 4.78 is 28.5. The molecule has 2 saturated heterocycles. The smallest absolute Gasteiger partial charge is 0.387 e. The maximum Gasteiger partial charge on any atom is 0.387 e. The molecule has 0 spiro atoms. The van der Waals surface area contributed by atoms with E-state index in [1.165, 1.54) is 12.1 Å². The molecule has 6 heteroatoms. The van der Waals surface area contributed by atoms with Gasteiger partial charge in [-0.15, -0.1) is 0 Å². The minimum Gasteiger partial charge on any atom is -0.435 e. The van der Waals surface area contributed by atoms with E-state index in [-0.39, 0.29) is 11.7 Å². The van der Waals surface area contributed by atoms with E-state index in [0.717, 1.165) is 37.9 Å². The molecule has 2 heterocycles. The second kappa shape index (κ2) is 6.60. The average molecular weight is 310 g/mol. The number of carbonyl (C=O) groups is 1. The van der Waals surface area contributed by atoms with Crippen LogP contribution in [-0.2, 0) is 11.2 Å². The van der Waals surface area contributed by atoms with Crippen molar-refractivity contribution in [3.05, 3.63) is 29.8 Å². The van der Waals surface area contributed by atoms with E-state index in [1.807, 2.05) is 4.90 Å². The number of nitrogens with zero attached hydrogens (tertiary/aromatic N) is 1. The van der Waals surface area contributed by atoms with Crippen molar-refractivity contribution >= 4 is 5.91 Å². The molecule has 3 rings (SSSR count). The first-order chi connectivity index (χ1) is 10.6. The van der Waals surface area contributed by atoms with Crippen molar-refractivity contribution in [2.75, 3.05) is 13.1 Å². The van der Waals surface area contributed by atoms with Crippen LogP contribution in [0.5, 0.6) is 5.75 Å². The summed E-state index contributed by atoms with van der Waals surface area (Å²) in [6.45, 7) is -0.999. The van der Waals surface area contributed by atoms with Crippen LogP contribution in [0.4, 0.5) is 8.78 Å². The number of alkyl halides is 2. The number of nitrogens with one attached hydrogen (secondary N) is 1. The number of hydrogen-bond acceptors (Lipinski definition) is 3. The van der Waals surface area contributed by atoms with Crippen LogP contribution in [0.3, 0.4) is 0 Å². The Balaban J connectivity index is 1.64. The minimum absolute atomic E-state index is 0.116. The van der Waals surface area contributed by atoms with Gasteiger partial charge in [-0.2, -0.15) is 8.78 Å². The van der Waals surface area contributed by atoms with E-state index in [0.29, 0.717) is 18.5 Å². The number of fused-ring (bicyclic) bond motifs is 2. The second-order valence-corrected chi connectivity index (χ2v) is 5.88. The first-order valence-electron chi connectivity index (χ1n) is 7.69. The summed E-state index contributed by atoms with van der Waals surface area (Å²) in [6, 6.07) is 6.94. The quantitative estimate of drug-likeness (QED) is 0.927. The van der Waals surface area contributed by atoms with Crippen molar-refractivity contribution in [2.24, 2.45) is 0 Å². The molecule has 4 nitrogen and oxygen atoms in total. The fraction of sp³-hybridized carbons (Fsp3) is 0.562. The van der Waals surface area contributed by atoms with Crippen LogP contribution < -0.4 is 10.1 Å². The van der Waals surface area contributed by atoms with Gasteiger partial charge in [-0.1, -0.05) is 12.1 Å². The Morgan fingerprint density at radius 3 is 2.68 bits per heavy atom. The molecule has 0 radical (unpaired) electrons. The van der Waals surface area contributed by atoms with Crippen molar-refractivity contribution in [1.82, 2.24) is 10.2 Å². The molecule has 1 aromatic rings. The molecule has 1 amide bonds. The zero-order valence-corrected chi connectivity index (χ0v) is 12.3. The van der Waals surface area contributed by atoms with Gasteiger partial charge < -0.3 is 15.0 Å². The van der Waals surface area contributed by atoms with Gasteiger partial charge >= 0.3 is 6.61 Å². The molecule has 0 aromatic heterocycles. The van der Waals surface area contributed by atoms with Crippen LogP contribution >= 0.6 is 0 Å². The maximum absolute atomic E-state index is 12.6. The van der Waals surface area contributed by atoms with Crippen molar-refractivity contribution in [3.8, 4) is 5.75 Å². The number of hydrogen-bond donors (Lipinski definition) is 1. The van der Waals surface area contributed by atoms with Crippen molar-refractivity contribution in [1.29, 1.82) is 0 Å². The van der Waals surface area contributed by atoms with Crippen LogP contribution in [0.2, 0.25) is 0 Å². The topological polar surface area (TPSA) is 41.6 Å². The lowest BCUT2D eigenvalue weighted by atomic mass is 10.1. The molecule has 2 unspecified atom stereocenters. The van der Waals surface area contributed by atoms with Crippen LogP contribution in [0.1, 0.15) is 24.8 Å². The monoisotopic (exact) mass is 310 g/mol. The predicted molar refractivity (Wildman–Crippen MR) is 77.9 cm³/mol. The molecule has 120 valence electrons. The molecule has 1 N–H and O–H groups in total. The van der Waals surface area contributed by atoms with Gasteiger partial charge in [0.2, 0.25) is 5.91 Å². The van der Waals surface area contributed by atoms with Crippen molar-refractivity contribution in [2.45, 2.75) is 44.4 Å². The number of carbonyl (C=O) groups excluding carboxylic acids is 1. The third-order valence-electron chi connectivity index (χ3n) is 4.45. The van der Waals surface area contributed by atoms with Gasteiger partial charge in [-0.05, 0) is 43.5 Å². The molecular formula is C16H20F2N2O2. The van der Waals surface area contributed by atoms with Gasteiger partial charge in [-0.3, -0.25) is 4.79 Å². The maximum atomic E-state index is 12.6. The normalized spacial score (nSPS) is 24.4. The van der Waals surface area contributed by atoms with Gasteiger partial charge in [0.25, 0.3) is 0 Å². The van der Waals surface area contributed by atoms with E-state index < -0.39 is 6.61 Å². The summed E-state index contributed by atoms with van der Waals surface area (Å²) in [4.78, 5) is 14.6. The Morgan fingerprint density at radius 1 is 1.23 bits per heavy atom. The summed E-state index contributed by atoms with van der Waals surface area (Å²) in [6.07, 6.45) is 3.45. The van der Waals surface area contributed by atoms with Gasteiger partial charge in [0.15, 0.2) is 0 Å². The highest BCUT2D eigenvalue weighted by Gasteiger charge is 2.37. The minimum atomic E-state index is -2.83. The zero-order valence-electron chi connectivity index (χ0n) is 12.3. The lowest BCUT2D eigenvalue weighted by molar-refractivity contribution is -0.133. The number of halogens is 2. The van der Waals surface area contributed by atoms with Crippen LogP contribution in [0.15, 0.2) is 24.3 Å². The third kappa shape index (κ3) is 3.38. The fourth-order valence-corrected chi connectivity index (χ4v) is 3.44. The van der Waals surface area contributed by atoms with E-state index in [1.54, 1.807) is 12.1 Å². The van der Waals surface area contributed by atoms with Crippen molar-refractivity contribution in [3.63, 3.8) is 0 Å².